The Hall–Kier alpha value is -1.06. The SMILES string of the molecule is CCCC(=O)N[C@@H](CC(=O)OCC)C1CCCCC1. The van der Waals surface area contributed by atoms with E-state index in [1.807, 2.05) is 13.8 Å². The zero-order chi connectivity index (χ0) is 14.1. The first kappa shape index (κ1) is 16.0. The molecule has 1 atom stereocenters. The minimum Gasteiger partial charge on any atom is -0.466 e. The molecule has 1 rings (SSSR count). The molecular weight excluding hydrogens is 242 g/mol. The Balaban J connectivity index is 2.55. The largest absolute Gasteiger partial charge is 0.466 e. The number of hydrogen-bond donors (Lipinski definition) is 1. The highest BCUT2D eigenvalue weighted by molar-refractivity contribution is 5.77. The average molecular weight is 269 g/mol. The average Bonchev–Trinajstić information content (AvgIpc) is 2.39. The molecule has 0 spiro atoms. The Bertz CT molecular complexity index is 265. The number of amides is 1. The van der Waals surface area contributed by atoms with Crippen LogP contribution in [0.2, 0.25) is 0 Å². The van der Waals surface area contributed by atoms with Crippen LogP contribution in [0.25, 0.3) is 0 Å². The molecule has 0 aliphatic heterocycles. The van der Waals surface area contributed by atoms with Crippen LogP contribution in [0.5, 0.6) is 0 Å². The molecule has 0 aromatic rings. The third kappa shape index (κ3) is 6.08. The van der Waals surface area contributed by atoms with Crippen molar-refractivity contribution in [2.24, 2.45) is 5.92 Å². The second-order valence-electron chi connectivity index (χ2n) is 5.33. The van der Waals surface area contributed by atoms with E-state index in [-0.39, 0.29) is 17.9 Å². The first-order chi connectivity index (χ1) is 9.17. The molecule has 1 fully saturated rings. The molecule has 0 aromatic carbocycles. The maximum atomic E-state index is 11.8. The van der Waals surface area contributed by atoms with Gasteiger partial charge in [0.25, 0.3) is 0 Å². The van der Waals surface area contributed by atoms with Crippen LogP contribution in [0.4, 0.5) is 0 Å². The molecule has 0 saturated heterocycles. The Kier molecular flexibility index (Phi) is 7.53. The predicted octanol–water partition coefficient (Wildman–Crippen LogP) is 2.80. The zero-order valence-corrected chi connectivity index (χ0v) is 12.2. The summed E-state index contributed by atoms with van der Waals surface area (Å²) < 4.78 is 5.01. The van der Waals surface area contributed by atoms with E-state index in [1.165, 1.54) is 19.3 Å². The van der Waals surface area contributed by atoms with Gasteiger partial charge in [0.05, 0.1) is 13.0 Å². The number of hydrogen-bond acceptors (Lipinski definition) is 3. The molecule has 4 heteroatoms. The number of esters is 1. The number of carbonyl (C=O) groups is 2. The maximum absolute atomic E-state index is 11.8. The summed E-state index contributed by atoms with van der Waals surface area (Å²) in [5, 5.41) is 3.04. The van der Waals surface area contributed by atoms with Crippen LogP contribution in [0.3, 0.4) is 0 Å². The monoisotopic (exact) mass is 269 g/mol. The molecule has 0 bridgehead atoms. The molecule has 1 aliphatic rings. The van der Waals surface area contributed by atoms with Gasteiger partial charge in [0.15, 0.2) is 0 Å². The van der Waals surface area contributed by atoms with Crippen LogP contribution in [0.1, 0.15) is 65.2 Å². The lowest BCUT2D eigenvalue weighted by Gasteiger charge is -2.30. The molecule has 0 unspecified atom stereocenters. The fourth-order valence-electron chi connectivity index (χ4n) is 2.78. The van der Waals surface area contributed by atoms with Crippen molar-refractivity contribution in [1.82, 2.24) is 5.32 Å². The Morgan fingerprint density at radius 3 is 2.47 bits per heavy atom. The molecule has 1 N–H and O–H groups in total. The van der Waals surface area contributed by atoms with Gasteiger partial charge in [0.2, 0.25) is 5.91 Å². The summed E-state index contributed by atoms with van der Waals surface area (Å²) in [7, 11) is 0. The van der Waals surface area contributed by atoms with Gasteiger partial charge in [0.1, 0.15) is 0 Å². The fraction of sp³-hybridized carbons (Fsp3) is 0.867. The van der Waals surface area contributed by atoms with Crippen molar-refractivity contribution >= 4 is 11.9 Å². The fourth-order valence-corrected chi connectivity index (χ4v) is 2.78. The number of rotatable bonds is 7. The number of carbonyl (C=O) groups excluding carboxylic acids is 2. The predicted molar refractivity (Wildman–Crippen MR) is 74.7 cm³/mol. The molecule has 1 saturated carbocycles. The van der Waals surface area contributed by atoms with Crippen molar-refractivity contribution in [3.8, 4) is 0 Å². The van der Waals surface area contributed by atoms with E-state index < -0.39 is 0 Å². The van der Waals surface area contributed by atoms with Crippen molar-refractivity contribution in [3.63, 3.8) is 0 Å². The van der Waals surface area contributed by atoms with Gasteiger partial charge in [0, 0.05) is 12.5 Å². The topological polar surface area (TPSA) is 55.4 Å². The highest BCUT2D eigenvalue weighted by Gasteiger charge is 2.27. The summed E-state index contributed by atoms with van der Waals surface area (Å²) in [6.07, 6.45) is 7.57. The third-order valence-electron chi connectivity index (χ3n) is 3.73. The second kappa shape index (κ2) is 8.94. The molecule has 0 aromatic heterocycles. The van der Waals surface area contributed by atoms with Gasteiger partial charge in [-0.15, -0.1) is 0 Å². The second-order valence-corrected chi connectivity index (χ2v) is 5.33. The normalized spacial score (nSPS) is 17.8. The molecule has 110 valence electrons. The van der Waals surface area contributed by atoms with E-state index in [4.69, 9.17) is 4.74 Å². The minimum atomic E-state index is -0.199. The summed E-state index contributed by atoms with van der Waals surface area (Å²) in [6, 6.07) is -0.0431. The molecule has 4 nitrogen and oxygen atoms in total. The lowest BCUT2D eigenvalue weighted by molar-refractivity contribution is -0.144. The lowest BCUT2D eigenvalue weighted by Crippen LogP contribution is -2.42. The van der Waals surface area contributed by atoms with E-state index in [0.717, 1.165) is 19.3 Å². The van der Waals surface area contributed by atoms with E-state index in [1.54, 1.807) is 0 Å². The van der Waals surface area contributed by atoms with Gasteiger partial charge in [-0.1, -0.05) is 26.2 Å². The van der Waals surface area contributed by atoms with Gasteiger partial charge < -0.3 is 10.1 Å². The van der Waals surface area contributed by atoms with Crippen LogP contribution < -0.4 is 5.32 Å². The Morgan fingerprint density at radius 1 is 1.21 bits per heavy atom. The lowest BCUT2D eigenvalue weighted by atomic mass is 9.82. The first-order valence-electron chi connectivity index (χ1n) is 7.62. The van der Waals surface area contributed by atoms with Crippen molar-refractivity contribution < 1.29 is 14.3 Å². The van der Waals surface area contributed by atoms with Gasteiger partial charge in [-0.3, -0.25) is 9.59 Å². The molecular formula is C15H27NO3. The third-order valence-corrected chi connectivity index (χ3v) is 3.73. The summed E-state index contributed by atoms with van der Waals surface area (Å²) in [4.78, 5) is 23.4. The Morgan fingerprint density at radius 2 is 1.89 bits per heavy atom. The van der Waals surface area contributed by atoms with Crippen molar-refractivity contribution in [2.45, 2.75) is 71.3 Å². The van der Waals surface area contributed by atoms with Crippen molar-refractivity contribution in [1.29, 1.82) is 0 Å². The van der Waals surface area contributed by atoms with E-state index in [2.05, 4.69) is 5.32 Å². The van der Waals surface area contributed by atoms with E-state index >= 15 is 0 Å². The molecule has 1 amide bonds. The number of ether oxygens (including phenoxy) is 1. The maximum Gasteiger partial charge on any atom is 0.307 e. The van der Waals surface area contributed by atoms with Crippen LogP contribution in [-0.4, -0.2) is 24.5 Å². The van der Waals surface area contributed by atoms with E-state index in [0.29, 0.717) is 25.4 Å². The van der Waals surface area contributed by atoms with Gasteiger partial charge in [-0.2, -0.15) is 0 Å². The standard InChI is InChI=1S/C15H27NO3/c1-3-8-14(17)16-13(11-15(18)19-4-2)12-9-6-5-7-10-12/h12-13H,3-11H2,1-2H3,(H,16,17)/t13-/m0/s1. The molecule has 1 aliphatic carbocycles. The molecule has 19 heavy (non-hydrogen) atoms. The Labute approximate surface area is 116 Å². The van der Waals surface area contributed by atoms with Crippen LogP contribution >= 0.6 is 0 Å². The summed E-state index contributed by atoms with van der Waals surface area (Å²) >= 11 is 0. The number of nitrogens with one attached hydrogen (secondary N) is 1. The first-order valence-corrected chi connectivity index (χ1v) is 7.62. The van der Waals surface area contributed by atoms with Crippen LogP contribution in [0.15, 0.2) is 0 Å². The van der Waals surface area contributed by atoms with Gasteiger partial charge in [-0.05, 0) is 32.1 Å². The van der Waals surface area contributed by atoms with Crippen LogP contribution in [0, 0.1) is 5.92 Å². The van der Waals surface area contributed by atoms with Gasteiger partial charge >= 0.3 is 5.97 Å². The summed E-state index contributed by atoms with van der Waals surface area (Å²) in [5.74, 6) is 0.288. The molecule has 0 heterocycles. The summed E-state index contributed by atoms with van der Waals surface area (Å²) in [5.41, 5.74) is 0. The smallest absolute Gasteiger partial charge is 0.307 e. The van der Waals surface area contributed by atoms with Crippen molar-refractivity contribution in [3.05, 3.63) is 0 Å². The van der Waals surface area contributed by atoms with E-state index in [9.17, 15) is 9.59 Å². The van der Waals surface area contributed by atoms with Gasteiger partial charge in [-0.25, -0.2) is 0 Å². The van der Waals surface area contributed by atoms with Crippen LogP contribution in [-0.2, 0) is 14.3 Å². The highest BCUT2D eigenvalue weighted by Crippen LogP contribution is 2.28. The highest BCUT2D eigenvalue weighted by atomic mass is 16.5. The summed E-state index contributed by atoms with van der Waals surface area (Å²) in [6.45, 7) is 4.20. The quantitative estimate of drug-likeness (QED) is 0.723. The van der Waals surface area contributed by atoms with Crippen molar-refractivity contribution in [2.75, 3.05) is 6.61 Å². The minimum absolute atomic E-state index is 0.0431. The zero-order valence-electron chi connectivity index (χ0n) is 12.2. The molecule has 0 radical (unpaired) electrons.